The van der Waals surface area contributed by atoms with E-state index in [2.05, 4.69) is 10.7 Å². The van der Waals surface area contributed by atoms with Crippen molar-refractivity contribution in [1.29, 1.82) is 0 Å². The monoisotopic (exact) mass is 301 g/mol. The first-order valence-corrected chi connectivity index (χ1v) is 7.16. The van der Waals surface area contributed by atoms with E-state index < -0.39 is 0 Å². The molecule has 0 spiro atoms. The predicted octanol–water partition coefficient (Wildman–Crippen LogP) is 2.61. The lowest BCUT2D eigenvalue weighted by Crippen LogP contribution is -2.35. The Hall–Kier alpha value is -2.40. The smallest absolute Gasteiger partial charge is 0.237 e. The molecule has 0 aliphatic rings. The Labute approximate surface area is 129 Å². The Morgan fingerprint density at radius 3 is 2.55 bits per heavy atom. The highest BCUT2D eigenvalue weighted by Gasteiger charge is 2.11. The van der Waals surface area contributed by atoms with E-state index in [9.17, 15) is 9.18 Å². The summed E-state index contributed by atoms with van der Waals surface area (Å²) in [5.74, 6) is 4.54. The molecule has 0 aromatic heterocycles. The summed E-state index contributed by atoms with van der Waals surface area (Å²) >= 11 is 0. The van der Waals surface area contributed by atoms with E-state index in [4.69, 9.17) is 5.84 Å². The first-order chi connectivity index (χ1) is 10.6. The first kappa shape index (κ1) is 16.0. The quantitative estimate of drug-likeness (QED) is 0.436. The van der Waals surface area contributed by atoms with E-state index >= 15 is 0 Å². The van der Waals surface area contributed by atoms with Crippen LogP contribution >= 0.6 is 0 Å². The van der Waals surface area contributed by atoms with Crippen molar-refractivity contribution in [2.24, 2.45) is 11.8 Å². The molecule has 116 valence electrons. The second kappa shape index (κ2) is 7.56. The molecule has 0 bridgehead atoms. The normalized spacial score (nSPS) is 11.8. The van der Waals surface area contributed by atoms with E-state index in [0.717, 1.165) is 16.8 Å². The van der Waals surface area contributed by atoms with Crippen LogP contribution in [0.1, 0.15) is 18.1 Å². The zero-order valence-corrected chi connectivity index (χ0v) is 12.5. The number of amides is 1. The van der Waals surface area contributed by atoms with Crippen LogP contribution in [0.4, 0.5) is 10.1 Å². The van der Waals surface area contributed by atoms with Crippen LogP contribution in [-0.2, 0) is 17.8 Å². The van der Waals surface area contributed by atoms with Gasteiger partial charge in [0.1, 0.15) is 5.82 Å². The van der Waals surface area contributed by atoms with Gasteiger partial charge in [-0.05, 0) is 41.8 Å². The van der Waals surface area contributed by atoms with E-state index in [0.29, 0.717) is 13.0 Å². The Morgan fingerprint density at radius 2 is 1.91 bits per heavy atom. The number of carbonyl (C=O) groups excluding carboxylic acids is 1. The molecule has 2 rings (SSSR count). The number of hydrogen-bond acceptors (Lipinski definition) is 3. The van der Waals surface area contributed by atoms with Crippen LogP contribution in [0.15, 0.2) is 48.5 Å². The van der Waals surface area contributed by atoms with Crippen LogP contribution in [0, 0.1) is 11.7 Å². The van der Waals surface area contributed by atoms with Gasteiger partial charge in [-0.2, -0.15) is 0 Å². The molecule has 22 heavy (non-hydrogen) atoms. The Bertz CT molecular complexity index is 628. The lowest BCUT2D eigenvalue weighted by Gasteiger charge is -2.11. The fraction of sp³-hybridized carbons (Fsp3) is 0.235. The van der Waals surface area contributed by atoms with E-state index in [1.165, 1.54) is 12.1 Å². The Balaban J connectivity index is 1.90. The highest BCUT2D eigenvalue weighted by molar-refractivity contribution is 5.77. The fourth-order valence-electron chi connectivity index (χ4n) is 2.20. The summed E-state index contributed by atoms with van der Waals surface area (Å²) in [6.07, 6.45) is 0.632. The number of hydrogen-bond donors (Lipinski definition) is 3. The van der Waals surface area contributed by atoms with Crippen LogP contribution in [0.3, 0.4) is 0 Å². The summed E-state index contributed by atoms with van der Waals surface area (Å²) in [6, 6.07) is 14.3. The van der Waals surface area contributed by atoms with E-state index in [1.807, 2.05) is 37.3 Å². The minimum absolute atomic E-state index is 0.170. The van der Waals surface area contributed by atoms with Crippen LogP contribution in [0.5, 0.6) is 0 Å². The highest BCUT2D eigenvalue weighted by Crippen LogP contribution is 2.14. The Kier molecular flexibility index (Phi) is 5.49. The van der Waals surface area contributed by atoms with Gasteiger partial charge in [0.25, 0.3) is 0 Å². The molecule has 0 heterocycles. The molecule has 4 nitrogen and oxygen atoms in total. The number of benzene rings is 2. The molecule has 1 amide bonds. The van der Waals surface area contributed by atoms with Crippen molar-refractivity contribution in [1.82, 2.24) is 5.43 Å². The first-order valence-electron chi connectivity index (χ1n) is 7.16. The molecule has 1 unspecified atom stereocenters. The van der Waals surface area contributed by atoms with E-state index in [-0.39, 0.29) is 17.6 Å². The summed E-state index contributed by atoms with van der Waals surface area (Å²) in [5.41, 5.74) is 5.05. The summed E-state index contributed by atoms with van der Waals surface area (Å²) in [5, 5.41) is 3.24. The summed E-state index contributed by atoms with van der Waals surface area (Å²) < 4.78 is 13.1. The Morgan fingerprint density at radius 1 is 1.18 bits per heavy atom. The van der Waals surface area contributed by atoms with Gasteiger partial charge in [0, 0.05) is 18.2 Å². The van der Waals surface area contributed by atoms with Crippen molar-refractivity contribution >= 4 is 11.6 Å². The third-order valence-electron chi connectivity index (χ3n) is 3.47. The average Bonchev–Trinajstić information content (AvgIpc) is 2.53. The van der Waals surface area contributed by atoms with Crippen LogP contribution in [0.25, 0.3) is 0 Å². The van der Waals surface area contributed by atoms with Gasteiger partial charge in [0.05, 0.1) is 0 Å². The molecule has 0 aliphatic carbocycles. The number of carbonyl (C=O) groups is 1. The van der Waals surface area contributed by atoms with Crippen LogP contribution in [0.2, 0.25) is 0 Å². The zero-order chi connectivity index (χ0) is 15.9. The SMILES string of the molecule is CC(Cc1ccc(NCc2cccc(F)c2)cc1)C(=O)NN. The van der Waals surface area contributed by atoms with Crippen molar-refractivity contribution in [3.05, 3.63) is 65.5 Å². The van der Waals surface area contributed by atoms with Crippen molar-refractivity contribution < 1.29 is 9.18 Å². The maximum absolute atomic E-state index is 13.1. The molecule has 2 aromatic carbocycles. The maximum atomic E-state index is 13.1. The lowest BCUT2D eigenvalue weighted by molar-refractivity contribution is -0.124. The predicted molar refractivity (Wildman–Crippen MR) is 85.4 cm³/mol. The molecular weight excluding hydrogens is 281 g/mol. The minimum Gasteiger partial charge on any atom is -0.381 e. The third-order valence-corrected chi connectivity index (χ3v) is 3.47. The van der Waals surface area contributed by atoms with Crippen LogP contribution < -0.4 is 16.6 Å². The molecule has 5 heteroatoms. The molecule has 4 N–H and O–H groups in total. The van der Waals surface area contributed by atoms with Crippen LogP contribution in [-0.4, -0.2) is 5.91 Å². The second-order valence-corrected chi connectivity index (χ2v) is 5.29. The van der Waals surface area contributed by atoms with Gasteiger partial charge in [-0.1, -0.05) is 31.2 Å². The topological polar surface area (TPSA) is 67.2 Å². The van der Waals surface area contributed by atoms with E-state index in [1.54, 1.807) is 6.07 Å². The molecule has 0 saturated heterocycles. The standard InChI is InChI=1S/C17H20FN3O/c1-12(17(22)21-19)9-13-5-7-16(8-6-13)20-11-14-3-2-4-15(18)10-14/h2-8,10,12,20H,9,11,19H2,1H3,(H,21,22). The largest absolute Gasteiger partial charge is 0.381 e. The molecule has 0 radical (unpaired) electrons. The minimum atomic E-state index is -0.234. The molecule has 1 atom stereocenters. The number of hydrazine groups is 1. The van der Waals surface area contributed by atoms with Crippen molar-refractivity contribution in [2.45, 2.75) is 19.9 Å². The average molecular weight is 301 g/mol. The number of anilines is 1. The summed E-state index contributed by atoms with van der Waals surface area (Å²) in [4.78, 5) is 11.4. The molecule has 0 fully saturated rings. The van der Waals surface area contributed by atoms with Gasteiger partial charge >= 0.3 is 0 Å². The van der Waals surface area contributed by atoms with Gasteiger partial charge in [0.2, 0.25) is 5.91 Å². The second-order valence-electron chi connectivity index (χ2n) is 5.29. The van der Waals surface area contributed by atoms with Crippen molar-refractivity contribution in [3.63, 3.8) is 0 Å². The zero-order valence-electron chi connectivity index (χ0n) is 12.5. The van der Waals surface area contributed by atoms with Gasteiger partial charge in [-0.3, -0.25) is 10.2 Å². The highest BCUT2D eigenvalue weighted by atomic mass is 19.1. The molecule has 0 saturated carbocycles. The maximum Gasteiger partial charge on any atom is 0.237 e. The number of nitrogens with two attached hydrogens (primary N) is 1. The van der Waals surface area contributed by atoms with Gasteiger partial charge in [-0.25, -0.2) is 10.2 Å². The number of halogens is 1. The van der Waals surface area contributed by atoms with Gasteiger partial charge in [0.15, 0.2) is 0 Å². The van der Waals surface area contributed by atoms with Gasteiger partial charge < -0.3 is 5.32 Å². The molecular formula is C17H20FN3O. The fourth-order valence-corrected chi connectivity index (χ4v) is 2.20. The lowest BCUT2D eigenvalue weighted by atomic mass is 10.0. The molecule has 0 aliphatic heterocycles. The molecule has 2 aromatic rings. The van der Waals surface area contributed by atoms with Gasteiger partial charge in [-0.15, -0.1) is 0 Å². The van der Waals surface area contributed by atoms with Crippen molar-refractivity contribution in [2.75, 3.05) is 5.32 Å². The number of nitrogens with one attached hydrogen (secondary N) is 2. The number of rotatable bonds is 6. The van der Waals surface area contributed by atoms with Crippen molar-refractivity contribution in [3.8, 4) is 0 Å². The summed E-state index contributed by atoms with van der Waals surface area (Å²) in [6.45, 7) is 2.39. The third kappa shape index (κ3) is 4.56. The summed E-state index contributed by atoms with van der Waals surface area (Å²) in [7, 11) is 0.